The molecule has 2 aromatic rings. The molecule has 2 heterocycles. The fraction of sp³-hybridized carbons (Fsp3) is 0.455. The Kier molecular flexibility index (Phi) is 6.36. The van der Waals surface area contributed by atoms with E-state index in [1.54, 1.807) is 11.1 Å². The lowest BCUT2D eigenvalue weighted by Gasteiger charge is -2.28. The lowest BCUT2D eigenvalue weighted by molar-refractivity contribution is -0.122. The molecule has 1 saturated heterocycles. The van der Waals surface area contributed by atoms with Crippen LogP contribution in [0.2, 0.25) is 5.02 Å². The first-order chi connectivity index (χ1) is 14.9. The number of carbonyl (C=O) groups is 2. The fourth-order valence-corrected chi connectivity index (χ4v) is 4.69. The molecular weight excluding hydrogens is 421 g/mol. The van der Waals surface area contributed by atoms with Gasteiger partial charge in [-0.1, -0.05) is 18.0 Å². The highest BCUT2D eigenvalue weighted by Crippen LogP contribution is 2.32. The molecule has 0 spiro atoms. The molecule has 2 fully saturated rings. The van der Waals surface area contributed by atoms with E-state index in [9.17, 15) is 14.0 Å². The van der Waals surface area contributed by atoms with E-state index in [0.29, 0.717) is 41.7 Å². The quantitative estimate of drug-likeness (QED) is 0.734. The van der Waals surface area contributed by atoms with Crippen LogP contribution in [0.25, 0.3) is 0 Å². The minimum absolute atomic E-state index is 0.00910. The molecule has 1 aliphatic carbocycles. The maximum absolute atomic E-state index is 13.1. The molecule has 1 unspecified atom stereocenters. The van der Waals surface area contributed by atoms with Gasteiger partial charge in [0.05, 0.1) is 16.9 Å². The minimum Gasteiger partial charge on any atom is -0.369 e. The highest BCUT2D eigenvalue weighted by molar-refractivity contribution is 6.31. The van der Waals surface area contributed by atoms with Crippen LogP contribution in [-0.2, 0) is 4.79 Å². The van der Waals surface area contributed by atoms with E-state index >= 15 is 0 Å². The van der Waals surface area contributed by atoms with Crippen LogP contribution in [0, 0.1) is 11.7 Å². The third-order valence-electron chi connectivity index (χ3n) is 6.13. The summed E-state index contributed by atoms with van der Waals surface area (Å²) in [5.74, 6) is -0.433. The van der Waals surface area contributed by atoms with Gasteiger partial charge in [-0.2, -0.15) is 0 Å². The molecule has 1 aliphatic heterocycles. The number of benzene rings is 1. The number of anilines is 1. The van der Waals surface area contributed by atoms with Crippen molar-refractivity contribution < 1.29 is 14.0 Å². The summed E-state index contributed by atoms with van der Waals surface area (Å²) < 4.78 is 13.1. The number of primary amides is 1. The number of rotatable bonds is 5. The summed E-state index contributed by atoms with van der Waals surface area (Å²) in [5.41, 5.74) is 6.63. The minimum atomic E-state index is -0.372. The summed E-state index contributed by atoms with van der Waals surface area (Å²) in [4.78, 5) is 34.9. The number of nitrogens with two attached hydrogens (primary N) is 1. The normalized spacial score (nSPS) is 23.5. The van der Waals surface area contributed by atoms with Crippen molar-refractivity contribution in [3.8, 4) is 0 Å². The molecule has 0 radical (unpaired) electrons. The van der Waals surface area contributed by atoms with E-state index in [2.05, 4.69) is 15.3 Å². The lowest BCUT2D eigenvalue weighted by atomic mass is 9.85. The Bertz CT molecular complexity index is 971. The predicted octanol–water partition coefficient (Wildman–Crippen LogP) is 3.35. The molecule has 1 aromatic heterocycles. The Hall–Kier alpha value is -2.74. The second-order valence-corrected chi connectivity index (χ2v) is 8.68. The number of hydrogen-bond donors (Lipinski definition) is 2. The molecule has 3 atom stereocenters. The second kappa shape index (κ2) is 9.18. The topological polar surface area (TPSA) is 101 Å². The van der Waals surface area contributed by atoms with E-state index in [4.69, 9.17) is 17.3 Å². The van der Waals surface area contributed by atoms with Gasteiger partial charge >= 0.3 is 0 Å². The number of hydrogen-bond acceptors (Lipinski definition) is 5. The first kappa shape index (κ1) is 21.5. The number of likely N-dealkylation sites (tertiary alicyclic amines) is 1. The van der Waals surface area contributed by atoms with E-state index in [1.165, 1.54) is 24.3 Å². The van der Waals surface area contributed by atoms with Gasteiger partial charge in [0.25, 0.3) is 5.91 Å². The third-order valence-corrected chi connectivity index (χ3v) is 6.43. The van der Waals surface area contributed by atoms with Crippen LogP contribution in [0.1, 0.15) is 54.1 Å². The van der Waals surface area contributed by atoms with E-state index < -0.39 is 0 Å². The van der Waals surface area contributed by atoms with Crippen LogP contribution in [0.5, 0.6) is 0 Å². The van der Waals surface area contributed by atoms with Crippen molar-refractivity contribution in [2.45, 2.75) is 44.1 Å². The van der Waals surface area contributed by atoms with E-state index in [0.717, 1.165) is 25.7 Å². The van der Waals surface area contributed by atoms with Crippen molar-refractivity contribution in [1.82, 2.24) is 14.9 Å². The zero-order chi connectivity index (χ0) is 22.0. The average molecular weight is 446 g/mol. The van der Waals surface area contributed by atoms with Crippen molar-refractivity contribution >= 4 is 29.4 Å². The smallest absolute Gasteiger partial charge is 0.253 e. The maximum atomic E-state index is 13.1. The number of halogens is 2. The van der Waals surface area contributed by atoms with Crippen molar-refractivity contribution in [2.24, 2.45) is 11.7 Å². The van der Waals surface area contributed by atoms with Crippen LogP contribution in [-0.4, -0.2) is 45.8 Å². The highest BCUT2D eigenvalue weighted by Gasteiger charge is 2.31. The van der Waals surface area contributed by atoms with Gasteiger partial charge in [-0.3, -0.25) is 9.59 Å². The van der Waals surface area contributed by atoms with Crippen molar-refractivity contribution in [3.05, 3.63) is 52.6 Å². The average Bonchev–Trinajstić information content (AvgIpc) is 3.25. The number of nitrogens with zero attached hydrogens (tertiary/aromatic N) is 3. The maximum Gasteiger partial charge on any atom is 0.253 e. The van der Waals surface area contributed by atoms with Crippen LogP contribution >= 0.6 is 11.6 Å². The first-order valence-electron chi connectivity index (χ1n) is 10.5. The summed E-state index contributed by atoms with van der Waals surface area (Å²) in [5, 5.41) is 3.78. The standard InChI is InChI=1S/C22H25ClFN5O2/c23-18-11-26-22(27-17-3-1-2-14(10-17)20(25)30)28-19(18)15-8-9-29(12-15)21(31)13-4-6-16(24)7-5-13/h4-7,11,14-15,17H,1-3,8-10,12H2,(H2,25,30)(H,26,27,28)/t14-,15?,17+/m0/s1. The monoisotopic (exact) mass is 445 g/mol. The van der Waals surface area contributed by atoms with E-state index in [-0.39, 0.29) is 35.5 Å². The van der Waals surface area contributed by atoms with Gasteiger partial charge in [-0.25, -0.2) is 14.4 Å². The van der Waals surface area contributed by atoms with Gasteiger partial charge in [0.2, 0.25) is 11.9 Å². The molecule has 0 bridgehead atoms. The van der Waals surface area contributed by atoms with Crippen LogP contribution in [0.4, 0.5) is 10.3 Å². The van der Waals surface area contributed by atoms with Crippen molar-refractivity contribution in [3.63, 3.8) is 0 Å². The molecule has 4 rings (SSSR count). The molecule has 164 valence electrons. The number of amides is 2. The summed E-state index contributed by atoms with van der Waals surface area (Å²) in [6, 6.07) is 5.64. The molecule has 1 aromatic carbocycles. The van der Waals surface area contributed by atoms with Gasteiger partial charge in [0, 0.05) is 36.5 Å². The Morgan fingerprint density at radius 2 is 1.97 bits per heavy atom. The summed E-state index contributed by atoms with van der Waals surface area (Å²) in [6.07, 6.45) is 5.64. The van der Waals surface area contributed by atoms with Gasteiger partial charge < -0.3 is 16.0 Å². The molecular formula is C22H25ClFN5O2. The second-order valence-electron chi connectivity index (χ2n) is 8.28. The van der Waals surface area contributed by atoms with E-state index in [1.807, 2.05) is 0 Å². The Morgan fingerprint density at radius 3 is 2.71 bits per heavy atom. The van der Waals surface area contributed by atoms with Crippen molar-refractivity contribution in [2.75, 3.05) is 18.4 Å². The Labute approximate surface area is 185 Å². The van der Waals surface area contributed by atoms with Crippen LogP contribution in [0.15, 0.2) is 30.5 Å². The fourth-order valence-electron chi connectivity index (χ4n) is 4.44. The molecule has 7 nitrogen and oxygen atoms in total. The molecule has 2 aliphatic rings. The summed E-state index contributed by atoms with van der Waals surface area (Å²) >= 11 is 6.39. The molecule has 3 N–H and O–H groups in total. The zero-order valence-electron chi connectivity index (χ0n) is 17.1. The predicted molar refractivity (Wildman–Crippen MR) is 115 cm³/mol. The van der Waals surface area contributed by atoms with Gasteiger partial charge in [-0.15, -0.1) is 0 Å². The lowest BCUT2D eigenvalue weighted by Crippen LogP contribution is -2.34. The number of nitrogens with one attached hydrogen (secondary N) is 1. The summed E-state index contributed by atoms with van der Waals surface area (Å²) in [7, 11) is 0. The molecule has 2 amide bonds. The van der Waals surface area contributed by atoms with Crippen LogP contribution in [0.3, 0.4) is 0 Å². The molecule has 1 saturated carbocycles. The molecule has 9 heteroatoms. The SMILES string of the molecule is NC(=O)[C@H]1CCC[C@@H](Nc2ncc(Cl)c(C3CCN(C(=O)c4ccc(F)cc4)C3)n2)C1. The number of carbonyl (C=O) groups excluding carboxylic acids is 2. The van der Waals surface area contributed by atoms with Crippen molar-refractivity contribution in [1.29, 1.82) is 0 Å². The highest BCUT2D eigenvalue weighted by atomic mass is 35.5. The van der Waals surface area contributed by atoms with Gasteiger partial charge in [0.15, 0.2) is 0 Å². The van der Waals surface area contributed by atoms with Gasteiger partial charge in [0.1, 0.15) is 5.82 Å². The zero-order valence-corrected chi connectivity index (χ0v) is 17.8. The summed E-state index contributed by atoms with van der Waals surface area (Å²) in [6.45, 7) is 1.06. The Balaban J connectivity index is 1.43. The third kappa shape index (κ3) is 4.95. The first-order valence-corrected chi connectivity index (χ1v) is 10.9. The largest absolute Gasteiger partial charge is 0.369 e. The molecule has 31 heavy (non-hydrogen) atoms. The van der Waals surface area contributed by atoms with Gasteiger partial charge in [-0.05, 0) is 49.9 Å². The Morgan fingerprint density at radius 1 is 1.19 bits per heavy atom. The number of aromatic nitrogens is 2. The van der Waals surface area contributed by atoms with Crippen LogP contribution < -0.4 is 11.1 Å².